The molecule has 2 amide bonds. The number of rotatable bonds is 4. The van der Waals surface area contributed by atoms with Crippen LogP contribution in [0.1, 0.15) is 33.0 Å². The normalized spacial score (nSPS) is 22.0. The summed E-state index contributed by atoms with van der Waals surface area (Å²) in [5, 5.41) is 2.88. The third-order valence-corrected chi connectivity index (χ3v) is 6.17. The van der Waals surface area contributed by atoms with Crippen LogP contribution >= 0.6 is 12.4 Å². The number of carbonyl (C=O) groups is 2. The standard InChI is InChI=1S/C22H23N3O3.ClH/c23-22(27)14-2-4-20-17(8-14)18-11-25(10-16(18)12-28-20)6-5-13-1-3-19-15(7-13)9-21(26)24-19;/h1-4,7-8,16,18H,5-6,9-12H2,(H2,23,27)(H,24,26);1H/t16-,18?;/m0./s1. The smallest absolute Gasteiger partial charge is 0.248 e. The van der Waals surface area contributed by atoms with Crippen molar-refractivity contribution in [2.24, 2.45) is 11.7 Å². The lowest BCUT2D eigenvalue weighted by Crippen LogP contribution is -2.26. The molecule has 3 heterocycles. The summed E-state index contributed by atoms with van der Waals surface area (Å²) in [5.41, 5.74) is 10.4. The van der Waals surface area contributed by atoms with Crippen LogP contribution < -0.4 is 15.8 Å². The Kier molecular flexibility index (Phi) is 5.23. The van der Waals surface area contributed by atoms with Crippen molar-refractivity contribution < 1.29 is 14.3 Å². The molecule has 0 spiro atoms. The van der Waals surface area contributed by atoms with Gasteiger partial charge < -0.3 is 20.7 Å². The van der Waals surface area contributed by atoms with Gasteiger partial charge in [-0.1, -0.05) is 12.1 Å². The molecule has 1 saturated heterocycles. The van der Waals surface area contributed by atoms with Gasteiger partial charge in [0, 0.05) is 42.7 Å². The molecule has 6 nitrogen and oxygen atoms in total. The van der Waals surface area contributed by atoms with Crippen LogP contribution in [0, 0.1) is 5.92 Å². The molecule has 29 heavy (non-hydrogen) atoms. The summed E-state index contributed by atoms with van der Waals surface area (Å²) < 4.78 is 5.93. The molecule has 0 aliphatic carbocycles. The maximum atomic E-state index is 11.5. The summed E-state index contributed by atoms with van der Waals surface area (Å²) >= 11 is 0. The average molecular weight is 414 g/mol. The van der Waals surface area contributed by atoms with E-state index < -0.39 is 5.91 Å². The highest BCUT2D eigenvalue weighted by Crippen LogP contribution is 2.42. The number of ether oxygens (including phenoxy) is 1. The monoisotopic (exact) mass is 413 g/mol. The first-order valence-electron chi connectivity index (χ1n) is 9.77. The predicted octanol–water partition coefficient (Wildman–Crippen LogP) is 2.35. The number of halogens is 1. The van der Waals surface area contributed by atoms with Gasteiger partial charge in [0.1, 0.15) is 5.75 Å². The van der Waals surface area contributed by atoms with E-state index >= 15 is 0 Å². The van der Waals surface area contributed by atoms with E-state index in [1.54, 1.807) is 6.07 Å². The number of carbonyl (C=O) groups excluding carboxylic acids is 2. The van der Waals surface area contributed by atoms with E-state index in [-0.39, 0.29) is 18.3 Å². The molecule has 3 N–H and O–H groups in total. The number of primary amides is 1. The van der Waals surface area contributed by atoms with Gasteiger partial charge in [0.2, 0.25) is 11.8 Å². The molecule has 0 bridgehead atoms. The van der Waals surface area contributed by atoms with E-state index in [1.807, 2.05) is 18.2 Å². The third-order valence-electron chi connectivity index (χ3n) is 6.17. The fourth-order valence-corrected chi connectivity index (χ4v) is 4.71. The molecular weight excluding hydrogens is 390 g/mol. The largest absolute Gasteiger partial charge is 0.493 e. The molecule has 3 aliphatic heterocycles. The summed E-state index contributed by atoms with van der Waals surface area (Å²) in [5.74, 6) is 1.38. The molecule has 1 unspecified atom stereocenters. The molecule has 0 radical (unpaired) electrons. The maximum absolute atomic E-state index is 11.5. The highest BCUT2D eigenvalue weighted by molar-refractivity contribution is 5.99. The molecule has 0 aromatic heterocycles. The van der Waals surface area contributed by atoms with Gasteiger partial charge in [0.05, 0.1) is 13.0 Å². The summed E-state index contributed by atoms with van der Waals surface area (Å²) in [6.07, 6.45) is 1.43. The first kappa shape index (κ1) is 19.7. The second-order valence-corrected chi connectivity index (χ2v) is 8.02. The molecule has 1 fully saturated rings. The van der Waals surface area contributed by atoms with E-state index in [0.29, 0.717) is 23.8 Å². The molecule has 2 atom stereocenters. The first-order valence-corrected chi connectivity index (χ1v) is 9.77. The van der Waals surface area contributed by atoms with Crippen molar-refractivity contribution in [2.75, 3.05) is 31.6 Å². The zero-order valence-electron chi connectivity index (χ0n) is 16.0. The van der Waals surface area contributed by atoms with E-state index in [4.69, 9.17) is 10.5 Å². The van der Waals surface area contributed by atoms with E-state index in [0.717, 1.165) is 55.2 Å². The Hall–Kier alpha value is -2.57. The van der Waals surface area contributed by atoms with Crippen LogP contribution in [0.3, 0.4) is 0 Å². The Morgan fingerprint density at radius 3 is 2.90 bits per heavy atom. The van der Waals surface area contributed by atoms with Gasteiger partial charge >= 0.3 is 0 Å². The van der Waals surface area contributed by atoms with Gasteiger partial charge in [0.15, 0.2) is 0 Å². The van der Waals surface area contributed by atoms with Crippen molar-refractivity contribution in [3.05, 3.63) is 58.7 Å². The molecule has 2 aromatic carbocycles. The van der Waals surface area contributed by atoms with Crippen LogP contribution in [-0.4, -0.2) is 43.0 Å². The quantitative estimate of drug-likeness (QED) is 0.805. The second-order valence-electron chi connectivity index (χ2n) is 8.02. The molecule has 0 saturated carbocycles. The predicted molar refractivity (Wildman–Crippen MR) is 113 cm³/mol. The number of fused-ring (bicyclic) bond motifs is 4. The van der Waals surface area contributed by atoms with Crippen LogP contribution in [0.15, 0.2) is 36.4 Å². The molecular formula is C22H24ClN3O3. The molecule has 3 aliphatic rings. The zero-order valence-corrected chi connectivity index (χ0v) is 16.8. The summed E-state index contributed by atoms with van der Waals surface area (Å²) in [6.45, 7) is 3.65. The van der Waals surface area contributed by atoms with Crippen LogP contribution in [0.4, 0.5) is 5.69 Å². The van der Waals surface area contributed by atoms with Crippen molar-refractivity contribution in [1.82, 2.24) is 4.90 Å². The average Bonchev–Trinajstić information content (AvgIpc) is 3.27. The molecule has 5 rings (SSSR count). The second kappa shape index (κ2) is 7.69. The minimum absolute atomic E-state index is 0. The summed E-state index contributed by atoms with van der Waals surface area (Å²) in [6, 6.07) is 11.8. The number of anilines is 1. The molecule has 2 aromatic rings. The minimum atomic E-state index is -0.399. The Labute approximate surface area is 175 Å². The fraction of sp³-hybridized carbons (Fsp3) is 0.364. The zero-order chi connectivity index (χ0) is 19.3. The van der Waals surface area contributed by atoms with Crippen molar-refractivity contribution >= 4 is 29.9 Å². The van der Waals surface area contributed by atoms with E-state index in [2.05, 4.69) is 22.3 Å². The van der Waals surface area contributed by atoms with Crippen molar-refractivity contribution in [1.29, 1.82) is 0 Å². The van der Waals surface area contributed by atoms with Crippen LogP contribution in [-0.2, 0) is 17.6 Å². The van der Waals surface area contributed by atoms with Crippen LogP contribution in [0.2, 0.25) is 0 Å². The Balaban J connectivity index is 0.00000205. The number of nitrogens with one attached hydrogen (secondary N) is 1. The Morgan fingerprint density at radius 2 is 2.07 bits per heavy atom. The van der Waals surface area contributed by atoms with Gasteiger partial charge in [-0.15, -0.1) is 12.4 Å². The van der Waals surface area contributed by atoms with Gasteiger partial charge in [0.25, 0.3) is 0 Å². The number of hydrogen-bond donors (Lipinski definition) is 2. The van der Waals surface area contributed by atoms with Crippen molar-refractivity contribution in [3.63, 3.8) is 0 Å². The Morgan fingerprint density at radius 1 is 1.21 bits per heavy atom. The summed E-state index contributed by atoms with van der Waals surface area (Å²) in [7, 11) is 0. The molecule has 152 valence electrons. The lowest BCUT2D eigenvalue weighted by molar-refractivity contribution is -0.115. The van der Waals surface area contributed by atoms with Crippen molar-refractivity contribution in [3.8, 4) is 5.75 Å². The minimum Gasteiger partial charge on any atom is -0.493 e. The van der Waals surface area contributed by atoms with Crippen LogP contribution in [0.5, 0.6) is 5.75 Å². The van der Waals surface area contributed by atoms with Gasteiger partial charge in [-0.3, -0.25) is 9.59 Å². The van der Waals surface area contributed by atoms with Crippen LogP contribution in [0.25, 0.3) is 0 Å². The van der Waals surface area contributed by atoms with E-state index in [1.165, 1.54) is 5.56 Å². The number of nitrogens with two attached hydrogens (primary N) is 1. The van der Waals surface area contributed by atoms with Crippen molar-refractivity contribution in [2.45, 2.75) is 18.8 Å². The highest BCUT2D eigenvalue weighted by Gasteiger charge is 2.38. The lowest BCUT2D eigenvalue weighted by Gasteiger charge is -2.28. The number of hydrogen-bond acceptors (Lipinski definition) is 4. The SMILES string of the molecule is Cl.NC(=O)c1ccc2c(c1)C1CN(CCc3ccc4c(c3)CC(=O)N4)C[C@H]1CO2. The van der Waals surface area contributed by atoms with Gasteiger partial charge in [-0.25, -0.2) is 0 Å². The van der Waals surface area contributed by atoms with Gasteiger partial charge in [-0.05, 0) is 47.4 Å². The third kappa shape index (κ3) is 3.70. The summed E-state index contributed by atoms with van der Waals surface area (Å²) in [4.78, 5) is 25.6. The number of nitrogens with zero attached hydrogens (tertiary/aromatic N) is 1. The number of likely N-dealkylation sites (tertiary alicyclic amines) is 1. The highest BCUT2D eigenvalue weighted by atomic mass is 35.5. The first-order chi connectivity index (χ1) is 13.6. The fourth-order valence-electron chi connectivity index (χ4n) is 4.71. The number of amides is 2. The molecule has 7 heteroatoms. The van der Waals surface area contributed by atoms with E-state index in [9.17, 15) is 9.59 Å². The Bertz CT molecular complexity index is 978. The van der Waals surface area contributed by atoms with Gasteiger partial charge in [-0.2, -0.15) is 0 Å². The maximum Gasteiger partial charge on any atom is 0.248 e. The lowest BCUT2D eigenvalue weighted by atomic mass is 9.86. The topological polar surface area (TPSA) is 84.7 Å². The number of benzene rings is 2.